The standard InChI is InChI=1S/C36H24N6/c1-3-11-23(12-4-1)33-36(40-35-34(39-33)37-19-20-38-35)42-30-18-10-8-16-26(30)28-21-27-25-15-7-9-17-29(25)41(31(27)22-32(28)42)24-13-5-2-6-14-24/h1-20,22,27H,21H2. The Morgan fingerprint density at radius 3 is 2.19 bits per heavy atom. The van der Waals surface area contributed by atoms with E-state index in [1.165, 1.54) is 27.9 Å². The average Bonchev–Trinajstić information content (AvgIpc) is 3.56. The number of allylic oxidation sites excluding steroid dienone is 1. The van der Waals surface area contributed by atoms with Gasteiger partial charge in [0.25, 0.3) is 0 Å². The van der Waals surface area contributed by atoms with E-state index in [-0.39, 0.29) is 5.92 Å². The quantitative estimate of drug-likeness (QED) is 0.228. The molecule has 0 saturated heterocycles. The zero-order valence-corrected chi connectivity index (χ0v) is 22.6. The van der Waals surface area contributed by atoms with Gasteiger partial charge < -0.3 is 4.90 Å². The van der Waals surface area contributed by atoms with Crippen molar-refractivity contribution in [2.24, 2.45) is 0 Å². The van der Waals surface area contributed by atoms with Gasteiger partial charge in [0.1, 0.15) is 5.69 Å². The molecule has 6 heteroatoms. The highest BCUT2D eigenvalue weighted by Crippen LogP contribution is 2.53. The molecule has 0 spiro atoms. The zero-order chi connectivity index (χ0) is 27.6. The SMILES string of the molecule is C1=C2C(Cc3c1n(-c1nc4nccnc4nc1-c1ccccc1)c1ccccc31)c1ccccc1N2c1ccccc1. The number of aromatic nitrogens is 5. The van der Waals surface area contributed by atoms with Crippen LogP contribution in [0.3, 0.4) is 0 Å². The van der Waals surface area contributed by atoms with Gasteiger partial charge in [-0.05, 0) is 47.9 Å². The van der Waals surface area contributed by atoms with E-state index >= 15 is 0 Å². The predicted octanol–water partition coefficient (Wildman–Crippen LogP) is 7.86. The molecular formula is C36H24N6. The van der Waals surface area contributed by atoms with E-state index in [1.807, 2.05) is 18.2 Å². The average molecular weight is 541 g/mol. The van der Waals surface area contributed by atoms with Crippen LogP contribution in [0.1, 0.15) is 22.7 Å². The predicted molar refractivity (Wildman–Crippen MR) is 167 cm³/mol. The van der Waals surface area contributed by atoms with Crippen LogP contribution in [0, 0.1) is 0 Å². The van der Waals surface area contributed by atoms with Crippen molar-refractivity contribution in [1.82, 2.24) is 24.5 Å². The Hall–Kier alpha value is -5.62. The van der Waals surface area contributed by atoms with Crippen LogP contribution in [-0.4, -0.2) is 24.5 Å². The Labute approximate surface area is 242 Å². The molecule has 7 aromatic rings. The van der Waals surface area contributed by atoms with Gasteiger partial charge in [-0.2, -0.15) is 0 Å². The molecule has 6 nitrogen and oxygen atoms in total. The van der Waals surface area contributed by atoms with Crippen LogP contribution < -0.4 is 4.90 Å². The molecule has 3 aromatic heterocycles. The van der Waals surface area contributed by atoms with Crippen LogP contribution >= 0.6 is 0 Å². The molecule has 9 rings (SSSR count). The highest BCUT2D eigenvalue weighted by Gasteiger charge is 2.39. The summed E-state index contributed by atoms with van der Waals surface area (Å²) in [5.74, 6) is 1.01. The summed E-state index contributed by atoms with van der Waals surface area (Å²) in [6.45, 7) is 0. The second kappa shape index (κ2) is 8.94. The van der Waals surface area contributed by atoms with Crippen molar-refractivity contribution < 1.29 is 0 Å². The molecule has 0 bridgehead atoms. The lowest BCUT2D eigenvalue weighted by Gasteiger charge is -2.27. The van der Waals surface area contributed by atoms with E-state index in [4.69, 9.17) is 9.97 Å². The van der Waals surface area contributed by atoms with E-state index in [0.717, 1.165) is 40.4 Å². The Kier molecular flexibility index (Phi) is 4.92. The van der Waals surface area contributed by atoms with Gasteiger partial charge in [-0.25, -0.2) is 19.9 Å². The Bertz CT molecular complexity index is 2180. The molecule has 1 atom stereocenters. The van der Waals surface area contributed by atoms with E-state index < -0.39 is 0 Å². The first-order valence-corrected chi connectivity index (χ1v) is 14.2. The number of anilines is 2. The van der Waals surface area contributed by atoms with E-state index in [2.05, 4.69) is 117 Å². The van der Waals surface area contributed by atoms with Gasteiger partial charge in [-0.15, -0.1) is 0 Å². The van der Waals surface area contributed by atoms with Gasteiger partial charge in [0.15, 0.2) is 17.1 Å². The molecule has 2 aliphatic rings. The smallest absolute Gasteiger partial charge is 0.199 e. The van der Waals surface area contributed by atoms with Gasteiger partial charge in [-0.3, -0.25) is 4.57 Å². The molecule has 1 aliphatic heterocycles. The van der Waals surface area contributed by atoms with Crippen molar-refractivity contribution in [2.75, 3.05) is 4.90 Å². The third kappa shape index (κ3) is 3.32. The van der Waals surface area contributed by atoms with Crippen LogP contribution in [0.2, 0.25) is 0 Å². The van der Waals surface area contributed by atoms with Crippen molar-refractivity contribution in [3.05, 3.63) is 144 Å². The molecule has 0 saturated carbocycles. The second-order valence-corrected chi connectivity index (χ2v) is 10.7. The van der Waals surface area contributed by atoms with Crippen molar-refractivity contribution >= 4 is 39.6 Å². The maximum atomic E-state index is 5.14. The summed E-state index contributed by atoms with van der Waals surface area (Å²) in [5.41, 5.74) is 11.4. The molecule has 198 valence electrons. The van der Waals surface area contributed by atoms with Gasteiger partial charge >= 0.3 is 0 Å². The third-order valence-corrected chi connectivity index (χ3v) is 8.46. The summed E-state index contributed by atoms with van der Waals surface area (Å²) < 4.78 is 2.28. The summed E-state index contributed by atoms with van der Waals surface area (Å²) >= 11 is 0. The van der Waals surface area contributed by atoms with Crippen LogP contribution in [0.15, 0.2) is 127 Å². The minimum Gasteiger partial charge on any atom is -0.313 e. The monoisotopic (exact) mass is 540 g/mol. The number of hydrogen-bond acceptors (Lipinski definition) is 5. The van der Waals surface area contributed by atoms with E-state index in [0.29, 0.717) is 11.3 Å². The lowest BCUT2D eigenvalue weighted by Crippen LogP contribution is -2.18. The fraction of sp³-hybridized carbons (Fsp3) is 0.0556. The molecular weight excluding hydrogens is 516 g/mol. The number of para-hydroxylation sites is 3. The molecule has 42 heavy (non-hydrogen) atoms. The van der Waals surface area contributed by atoms with Crippen LogP contribution in [-0.2, 0) is 6.42 Å². The highest BCUT2D eigenvalue weighted by atomic mass is 15.2. The molecule has 0 amide bonds. The largest absolute Gasteiger partial charge is 0.313 e. The van der Waals surface area contributed by atoms with Crippen molar-refractivity contribution in [3.63, 3.8) is 0 Å². The van der Waals surface area contributed by atoms with Crippen molar-refractivity contribution in [1.29, 1.82) is 0 Å². The lowest BCUT2D eigenvalue weighted by atomic mass is 9.86. The normalized spacial score (nSPS) is 15.4. The first-order chi connectivity index (χ1) is 20.8. The summed E-state index contributed by atoms with van der Waals surface area (Å²) in [5, 5.41) is 1.23. The topological polar surface area (TPSA) is 59.7 Å². The summed E-state index contributed by atoms with van der Waals surface area (Å²) in [7, 11) is 0. The maximum absolute atomic E-state index is 5.14. The highest BCUT2D eigenvalue weighted by molar-refractivity contribution is 5.95. The lowest BCUT2D eigenvalue weighted by molar-refractivity contribution is 0.795. The summed E-state index contributed by atoms with van der Waals surface area (Å²) in [6.07, 6.45) is 6.61. The molecule has 1 unspecified atom stereocenters. The van der Waals surface area contributed by atoms with Crippen molar-refractivity contribution in [3.8, 4) is 17.1 Å². The zero-order valence-electron chi connectivity index (χ0n) is 22.6. The van der Waals surface area contributed by atoms with E-state index in [9.17, 15) is 0 Å². The fourth-order valence-electron chi connectivity index (χ4n) is 6.69. The second-order valence-electron chi connectivity index (χ2n) is 10.7. The number of fused-ring (bicyclic) bond motifs is 7. The molecule has 1 aliphatic carbocycles. The Morgan fingerprint density at radius 2 is 1.36 bits per heavy atom. The fourth-order valence-corrected chi connectivity index (χ4v) is 6.69. The number of hydrogen-bond donors (Lipinski definition) is 0. The maximum Gasteiger partial charge on any atom is 0.199 e. The van der Waals surface area contributed by atoms with Gasteiger partial charge in [0.2, 0.25) is 0 Å². The number of nitrogens with zero attached hydrogens (tertiary/aromatic N) is 6. The van der Waals surface area contributed by atoms with Gasteiger partial charge in [-0.1, -0.05) is 84.9 Å². The van der Waals surface area contributed by atoms with Crippen molar-refractivity contribution in [2.45, 2.75) is 12.3 Å². The van der Waals surface area contributed by atoms with Crippen LogP contribution in [0.25, 0.3) is 45.3 Å². The minimum absolute atomic E-state index is 0.260. The summed E-state index contributed by atoms with van der Waals surface area (Å²) in [6, 6.07) is 38.3. The molecule has 0 N–H and O–H groups in total. The van der Waals surface area contributed by atoms with E-state index in [1.54, 1.807) is 12.4 Å². The molecule has 0 radical (unpaired) electrons. The van der Waals surface area contributed by atoms with Gasteiger partial charge in [0, 0.05) is 46.3 Å². The third-order valence-electron chi connectivity index (χ3n) is 8.46. The Morgan fingerprint density at radius 1 is 0.667 bits per heavy atom. The van der Waals surface area contributed by atoms with Crippen LogP contribution in [0.5, 0.6) is 0 Å². The Balaban J connectivity index is 1.36. The first-order valence-electron chi connectivity index (χ1n) is 14.2. The van der Waals surface area contributed by atoms with Gasteiger partial charge in [0.05, 0.1) is 11.2 Å². The molecule has 0 fully saturated rings. The first kappa shape index (κ1) is 23.1. The molecule has 4 heterocycles. The summed E-state index contributed by atoms with van der Waals surface area (Å²) in [4.78, 5) is 21.6. The number of benzene rings is 4. The minimum atomic E-state index is 0.260. The van der Waals surface area contributed by atoms with Crippen LogP contribution in [0.4, 0.5) is 11.4 Å². The number of rotatable bonds is 3. The molecule has 4 aromatic carbocycles.